The molecule has 2 fully saturated rings. The van der Waals surface area contributed by atoms with Crippen LogP contribution in [-0.2, 0) is 23.7 Å². The van der Waals surface area contributed by atoms with Gasteiger partial charge in [0.1, 0.15) is 48.8 Å². The molecule has 2 aliphatic rings. The van der Waals surface area contributed by atoms with Crippen LogP contribution in [0, 0.1) is 0 Å². The summed E-state index contributed by atoms with van der Waals surface area (Å²) in [5.41, 5.74) is 0. The van der Waals surface area contributed by atoms with E-state index in [1.165, 1.54) is 0 Å². The standard InChI is InChI=1S/C46H73NO13/c1-3-5-7-9-11-12-13-14-15-16-17-18-19-20-21-22-24-26-28-30-38(51)47-34(35(50)29-27-25-23-10-8-6-4-2)33-57-45-43(56)41(54)44(37(32-49)59-45)60-46-42(55)40(53)39(52)36(31-48)58-46/h5,7-8,10-12,14-15,17-18,20-21,24,26-27,29,34-37,39-46,48-50,52-56H,3-4,6,9,13,16,19,22-23,25,28,30-33H2,1-2H3,(H,47,51)/b7-5-,10-8+,12-11-,15-14-,18-17-,21-20-,26-24-,29-27+. The molecule has 60 heavy (non-hydrogen) atoms. The Morgan fingerprint density at radius 1 is 0.600 bits per heavy atom. The van der Waals surface area contributed by atoms with E-state index in [0.717, 1.165) is 57.8 Å². The predicted octanol–water partition coefficient (Wildman–Crippen LogP) is 3.64. The third-order valence-corrected chi connectivity index (χ3v) is 9.75. The zero-order valence-corrected chi connectivity index (χ0v) is 35.4. The molecule has 12 unspecified atom stereocenters. The lowest BCUT2D eigenvalue weighted by atomic mass is 9.97. The minimum atomic E-state index is -1.80. The molecule has 0 aliphatic carbocycles. The first-order chi connectivity index (χ1) is 29.1. The highest BCUT2D eigenvalue weighted by molar-refractivity contribution is 5.76. The van der Waals surface area contributed by atoms with Crippen molar-refractivity contribution in [1.29, 1.82) is 0 Å². The van der Waals surface area contributed by atoms with Gasteiger partial charge in [-0.25, -0.2) is 0 Å². The van der Waals surface area contributed by atoms with Crippen molar-refractivity contribution in [2.24, 2.45) is 0 Å². The molecule has 0 saturated carbocycles. The van der Waals surface area contributed by atoms with Crippen molar-refractivity contribution in [2.45, 2.75) is 164 Å². The lowest BCUT2D eigenvalue weighted by molar-refractivity contribution is -0.359. The number of aliphatic hydroxyl groups excluding tert-OH is 8. The van der Waals surface area contributed by atoms with E-state index in [-0.39, 0.29) is 18.9 Å². The van der Waals surface area contributed by atoms with Crippen LogP contribution < -0.4 is 5.32 Å². The molecule has 9 N–H and O–H groups in total. The van der Waals surface area contributed by atoms with Gasteiger partial charge in [0.2, 0.25) is 5.91 Å². The maximum atomic E-state index is 13.0. The number of nitrogens with one attached hydrogen (secondary N) is 1. The van der Waals surface area contributed by atoms with Gasteiger partial charge in [0.25, 0.3) is 0 Å². The highest BCUT2D eigenvalue weighted by Crippen LogP contribution is 2.29. The molecule has 0 radical (unpaired) electrons. The van der Waals surface area contributed by atoms with Gasteiger partial charge in [-0.05, 0) is 64.2 Å². The SMILES string of the molecule is CC/C=C\C/C=C\C/C=C\C/C=C\C/C=C\C/C=C\CCC(=O)NC(COC1OC(CO)C(OC2OC(CO)C(O)C(O)C2O)C(O)C1O)C(O)/C=C/CC/C=C/CCC. The Labute approximate surface area is 356 Å². The van der Waals surface area contributed by atoms with Crippen molar-refractivity contribution in [2.75, 3.05) is 19.8 Å². The Kier molecular flexibility index (Phi) is 28.8. The zero-order chi connectivity index (χ0) is 44.0. The maximum Gasteiger partial charge on any atom is 0.220 e. The minimum Gasteiger partial charge on any atom is -0.394 e. The third-order valence-electron chi connectivity index (χ3n) is 9.75. The van der Waals surface area contributed by atoms with Gasteiger partial charge in [-0.15, -0.1) is 0 Å². The summed E-state index contributed by atoms with van der Waals surface area (Å²) in [6, 6.07) is -0.974. The summed E-state index contributed by atoms with van der Waals surface area (Å²) < 4.78 is 22.5. The largest absolute Gasteiger partial charge is 0.394 e. The first kappa shape index (κ1) is 53.0. The summed E-state index contributed by atoms with van der Waals surface area (Å²) in [5.74, 6) is -0.343. The van der Waals surface area contributed by atoms with Gasteiger partial charge in [0, 0.05) is 6.42 Å². The van der Waals surface area contributed by atoms with E-state index in [1.807, 2.05) is 12.2 Å². The average molecular weight is 848 g/mol. The van der Waals surface area contributed by atoms with E-state index in [4.69, 9.17) is 18.9 Å². The quantitative estimate of drug-likeness (QED) is 0.0388. The number of hydrogen-bond acceptors (Lipinski definition) is 13. The van der Waals surface area contributed by atoms with E-state index in [1.54, 1.807) is 12.2 Å². The molecule has 0 bridgehead atoms. The summed E-state index contributed by atoms with van der Waals surface area (Å²) in [7, 11) is 0. The summed E-state index contributed by atoms with van der Waals surface area (Å²) in [4.78, 5) is 13.0. The van der Waals surface area contributed by atoms with Gasteiger partial charge in [-0.1, -0.05) is 117 Å². The fourth-order valence-electron chi connectivity index (χ4n) is 6.21. The Morgan fingerprint density at radius 2 is 1.10 bits per heavy atom. The molecule has 0 aromatic heterocycles. The lowest BCUT2D eigenvalue weighted by Crippen LogP contribution is -2.65. The van der Waals surface area contributed by atoms with Crippen LogP contribution in [0.2, 0.25) is 0 Å². The Morgan fingerprint density at radius 3 is 1.67 bits per heavy atom. The summed E-state index contributed by atoms with van der Waals surface area (Å²) in [6.07, 6.45) is 25.1. The van der Waals surface area contributed by atoms with Crippen LogP contribution in [-0.4, -0.2) is 140 Å². The number of hydrogen-bond donors (Lipinski definition) is 9. The molecule has 12 atom stereocenters. The Balaban J connectivity index is 1.90. The average Bonchev–Trinajstić information content (AvgIpc) is 3.24. The molecule has 0 aromatic rings. The van der Waals surface area contributed by atoms with Crippen molar-refractivity contribution in [3.8, 4) is 0 Å². The Hall–Kier alpha value is -3.09. The van der Waals surface area contributed by atoms with Gasteiger partial charge in [0.05, 0.1) is 32.0 Å². The molecule has 14 heteroatoms. The third kappa shape index (κ3) is 20.6. The lowest BCUT2D eigenvalue weighted by Gasteiger charge is -2.46. The van der Waals surface area contributed by atoms with Crippen molar-refractivity contribution in [3.63, 3.8) is 0 Å². The number of amides is 1. The Bertz CT molecular complexity index is 1370. The van der Waals surface area contributed by atoms with Crippen LogP contribution in [0.1, 0.15) is 90.9 Å². The van der Waals surface area contributed by atoms with Crippen LogP contribution in [0.5, 0.6) is 0 Å². The fraction of sp³-hybridized carbons (Fsp3) is 0.630. The second kappa shape index (κ2) is 32.6. The predicted molar refractivity (Wildman–Crippen MR) is 230 cm³/mol. The number of carbonyl (C=O) groups is 1. The number of rotatable bonds is 29. The van der Waals surface area contributed by atoms with Crippen LogP contribution in [0.4, 0.5) is 0 Å². The number of unbranched alkanes of at least 4 members (excludes halogenated alkanes) is 2. The van der Waals surface area contributed by atoms with Gasteiger partial charge in [0.15, 0.2) is 12.6 Å². The summed E-state index contributed by atoms with van der Waals surface area (Å²) >= 11 is 0. The van der Waals surface area contributed by atoms with Gasteiger partial charge < -0.3 is 65.1 Å². The van der Waals surface area contributed by atoms with Crippen molar-refractivity contribution >= 4 is 5.91 Å². The molecule has 2 aliphatic heterocycles. The van der Waals surface area contributed by atoms with E-state index in [9.17, 15) is 45.6 Å². The molecular weight excluding hydrogens is 774 g/mol. The van der Waals surface area contributed by atoms with Crippen molar-refractivity contribution < 1.29 is 64.6 Å². The molecule has 2 rings (SSSR count). The van der Waals surface area contributed by atoms with E-state index in [2.05, 4.69) is 92.1 Å². The maximum absolute atomic E-state index is 13.0. The fourth-order valence-corrected chi connectivity index (χ4v) is 6.21. The highest BCUT2D eigenvalue weighted by Gasteiger charge is 2.50. The van der Waals surface area contributed by atoms with E-state index < -0.39 is 86.8 Å². The van der Waals surface area contributed by atoms with Crippen LogP contribution >= 0.6 is 0 Å². The molecule has 2 saturated heterocycles. The number of aliphatic hydroxyl groups is 8. The molecule has 1 amide bonds. The highest BCUT2D eigenvalue weighted by atomic mass is 16.7. The monoisotopic (exact) mass is 848 g/mol. The van der Waals surface area contributed by atoms with Crippen molar-refractivity contribution in [3.05, 3.63) is 97.2 Å². The second-order valence-electron chi connectivity index (χ2n) is 14.7. The zero-order valence-electron chi connectivity index (χ0n) is 35.4. The molecule has 340 valence electrons. The first-order valence-electron chi connectivity index (χ1n) is 21.5. The normalized spacial score (nSPS) is 29.2. The summed E-state index contributed by atoms with van der Waals surface area (Å²) in [6.45, 7) is 2.42. The number of ether oxygens (including phenoxy) is 4. The molecule has 2 heterocycles. The second-order valence-corrected chi connectivity index (χ2v) is 14.7. The van der Waals surface area contributed by atoms with Crippen LogP contribution in [0.25, 0.3) is 0 Å². The van der Waals surface area contributed by atoms with Gasteiger partial charge >= 0.3 is 0 Å². The van der Waals surface area contributed by atoms with Crippen LogP contribution in [0.15, 0.2) is 97.2 Å². The molecule has 0 aromatic carbocycles. The van der Waals surface area contributed by atoms with Crippen molar-refractivity contribution in [1.82, 2.24) is 5.32 Å². The first-order valence-corrected chi connectivity index (χ1v) is 21.5. The topological polar surface area (TPSA) is 228 Å². The number of carbonyl (C=O) groups excluding carboxylic acids is 1. The molecule has 14 nitrogen and oxygen atoms in total. The smallest absolute Gasteiger partial charge is 0.220 e. The molecular formula is C46H73NO13. The number of allylic oxidation sites excluding steroid dienone is 15. The minimum absolute atomic E-state index is 0.141. The van der Waals surface area contributed by atoms with Crippen LogP contribution in [0.3, 0.4) is 0 Å². The van der Waals surface area contributed by atoms with E-state index >= 15 is 0 Å². The molecule has 0 spiro atoms. The summed E-state index contributed by atoms with van der Waals surface area (Å²) in [5, 5.41) is 86.0. The van der Waals surface area contributed by atoms with E-state index in [0.29, 0.717) is 12.8 Å². The van der Waals surface area contributed by atoms with Gasteiger partial charge in [-0.2, -0.15) is 0 Å². The van der Waals surface area contributed by atoms with Gasteiger partial charge in [-0.3, -0.25) is 4.79 Å².